The highest BCUT2D eigenvalue weighted by Crippen LogP contribution is 2.32. The first-order chi connectivity index (χ1) is 9.81. The molecular weight excluding hydrogens is 254 g/mol. The van der Waals surface area contributed by atoms with Crippen LogP contribution >= 0.6 is 0 Å². The number of nitrogens with two attached hydrogens (primary N) is 1. The smallest absolute Gasteiger partial charge is 0.222 e. The van der Waals surface area contributed by atoms with E-state index in [0.29, 0.717) is 18.6 Å². The molecule has 2 fully saturated rings. The fourth-order valence-electron chi connectivity index (χ4n) is 3.71. The first-order valence-corrected chi connectivity index (χ1v) is 7.52. The quantitative estimate of drug-likeness (QED) is 0.769. The van der Waals surface area contributed by atoms with E-state index in [1.807, 2.05) is 0 Å². The molecule has 108 valence electrons. The SMILES string of the molecule is Nc1nc2c(c(N3CC4CCCNC4C3)n1)COCC2. The molecule has 4 rings (SSSR count). The molecule has 6 nitrogen and oxygen atoms in total. The van der Waals surface area contributed by atoms with Crippen molar-refractivity contribution in [2.45, 2.75) is 31.9 Å². The van der Waals surface area contributed by atoms with Crippen LogP contribution in [0.1, 0.15) is 24.1 Å². The van der Waals surface area contributed by atoms with Crippen LogP contribution in [0.15, 0.2) is 0 Å². The zero-order chi connectivity index (χ0) is 13.5. The number of piperidine rings is 1. The van der Waals surface area contributed by atoms with Crippen LogP contribution in [0.3, 0.4) is 0 Å². The van der Waals surface area contributed by atoms with Gasteiger partial charge in [-0.15, -0.1) is 0 Å². The number of nitrogens with one attached hydrogen (secondary N) is 1. The molecule has 4 heterocycles. The highest BCUT2D eigenvalue weighted by Gasteiger charge is 2.36. The number of nitrogens with zero attached hydrogens (tertiary/aromatic N) is 3. The van der Waals surface area contributed by atoms with Gasteiger partial charge in [-0.1, -0.05) is 0 Å². The van der Waals surface area contributed by atoms with Crippen LogP contribution in [0.2, 0.25) is 0 Å². The third kappa shape index (κ3) is 2.03. The van der Waals surface area contributed by atoms with Crippen molar-refractivity contribution >= 4 is 11.8 Å². The summed E-state index contributed by atoms with van der Waals surface area (Å²) in [4.78, 5) is 11.3. The fourth-order valence-corrected chi connectivity index (χ4v) is 3.71. The summed E-state index contributed by atoms with van der Waals surface area (Å²) in [6.45, 7) is 4.58. The van der Waals surface area contributed by atoms with Gasteiger partial charge >= 0.3 is 0 Å². The van der Waals surface area contributed by atoms with Gasteiger partial charge in [-0.25, -0.2) is 4.98 Å². The summed E-state index contributed by atoms with van der Waals surface area (Å²) in [5.41, 5.74) is 8.11. The number of fused-ring (bicyclic) bond motifs is 2. The molecule has 3 N–H and O–H groups in total. The van der Waals surface area contributed by atoms with Crippen molar-refractivity contribution < 1.29 is 4.74 Å². The lowest BCUT2D eigenvalue weighted by Gasteiger charge is -2.25. The van der Waals surface area contributed by atoms with Crippen molar-refractivity contribution in [1.29, 1.82) is 0 Å². The highest BCUT2D eigenvalue weighted by atomic mass is 16.5. The summed E-state index contributed by atoms with van der Waals surface area (Å²) in [6.07, 6.45) is 3.43. The zero-order valence-corrected chi connectivity index (χ0v) is 11.6. The number of anilines is 2. The second-order valence-electron chi connectivity index (χ2n) is 6.00. The zero-order valence-electron chi connectivity index (χ0n) is 11.6. The molecule has 2 saturated heterocycles. The number of rotatable bonds is 1. The molecule has 0 spiro atoms. The van der Waals surface area contributed by atoms with E-state index in [1.54, 1.807) is 0 Å². The summed E-state index contributed by atoms with van der Waals surface area (Å²) in [5, 5.41) is 3.63. The Bertz CT molecular complexity index is 507. The Morgan fingerprint density at radius 3 is 3.15 bits per heavy atom. The molecule has 0 aliphatic carbocycles. The van der Waals surface area contributed by atoms with Crippen molar-refractivity contribution in [1.82, 2.24) is 15.3 Å². The van der Waals surface area contributed by atoms with E-state index in [1.165, 1.54) is 12.8 Å². The highest BCUT2D eigenvalue weighted by molar-refractivity contribution is 5.53. The van der Waals surface area contributed by atoms with E-state index in [0.717, 1.165) is 55.7 Å². The van der Waals surface area contributed by atoms with E-state index in [4.69, 9.17) is 10.5 Å². The van der Waals surface area contributed by atoms with Crippen LogP contribution in [-0.4, -0.2) is 42.3 Å². The molecule has 6 heteroatoms. The predicted molar refractivity (Wildman–Crippen MR) is 76.5 cm³/mol. The lowest BCUT2D eigenvalue weighted by molar-refractivity contribution is 0.109. The maximum atomic E-state index is 5.89. The van der Waals surface area contributed by atoms with E-state index in [-0.39, 0.29) is 0 Å². The van der Waals surface area contributed by atoms with Crippen LogP contribution in [0.25, 0.3) is 0 Å². The van der Waals surface area contributed by atoms with Gasteiger partial charge in [0.25, 0.3) is 0 Å². The van der Waals surface area contributed by atoms with Gasteiger partial charge in [0, 0.05) is 31.1 Å². The van der Waals surface area contributed by atoms with E-state index in [2.05, 4.69) is 20.2 Å². The van der Waals surface area contributed by atoms with Crippen molar-refractivity contribution in [3.63, 3.8) is 0 Å². The molecule has 1 aromatic heterocycles. The molecule has 0 amide bonds. The monoisotopic (exact) mass is 275 g/mol. The van der Waals surface area contributed by atoms with Crippen molar-refractivity contribution in [3.8, 4) is 0 Å². The minimum Gasteiger partial charge on any atom is -0.376 e. The number of ether oxygens (including phenoxy) is 1. The molecule has 2 unspecified atom stereocenters. The largest absolute Gasteiger partial charge is 0.376 e. The molecular formula is C14H21N5O. The van der Waals surface area contributed by atoms with Gasteiger partial charge in [-0.2, -0.15) is 4.98 Å². The van der Waals surface area contributed by atoms with Crippen LogP contribution in [0, 0.1) is 5.92 Å². The van der Waals surface area contributed by atoms with Gasteiger partial charge in [-0.3, -0.25) is 0 Å². The standard InChI is InChI=1S/C14H21N5O/c15-14-17-11-3-5-20-8-10(11)13(18-14)19-6-9-2-1-4-16-12(9)7-19/h9,12,16H,1-8H2,(H2,15,17,18). The minimum atomic E-state index is 0.392. The third-order valence-electron chi connectivity index (χ3n) is 4.72. The average Bonchev–Trinajstić information content (AvgIpc) is 2.90. The molecule has 1 aromatic rings. The van der Waals surface area contributed by atoms with E-state index < -0.39 is 0 Å². The summed E-state index contributed by atoms with van der Waals surface area (Å²) in [6, 6.07) is 0.597. The van der Waals surface area contributed by atoms with Crippen LogP contribution in [0.4, 0.5) is 11.8 Å². The average molecular weight is 275 g/mol. The lowest BCUT2D eigenvalue weighted by Crippen LogP contribution is -2.40. The first kappa shape index (κ1) is 12.3. The number of hydrogen-bond acceptors (Lipinski definition) is 6. The Balaban J connectivity index is 1.66. The Hall–Kier alpha value is -1.40. The van der Waals surface area contributed by atoms with Crippen molar-refractivity contribution in [2.24, 2.45) is 5.92 Å². The Morgan fingerprint density at radius 1 is 1.30 bits per heavy atom. The molecule has 20 heavy (non-hydrogen) atoms. The van der Waals surface area contributed by atoms with Gasteiger partial charge in [0.2, 0.25) is 5.95 Å². The third-order valence-corrected chi connectivity index (χ3v) is 4.72. The van der Waals surface area contributed by atoms with Gasteiger partial charge in [-0.05, 0) is 25.3 Å². The molecule has 0 aromatic carbocycles. The predicted octanol–water partition coefficient (Wildman–Crippen LogP) is 0.320. The van der Waals surface area contributed by atoms with Crippen molar-refractivity contribution in [3.05, 3.63) is 11.3 Å². The molecule has 2 atom stereocenters. The van der Waals surface area contributed by atoms with Gasteiger partial charge in [0.1, 0.15) is 5.82 Å². The molecule has 3 aliphatic heterocycles. The summed E-state index contributed by atoms with van der Waals surface area (Å²) < 4.78 is 5.59. The first-order valence-electron chi connectivity index (χ1n) is 7.52. The van der Waals surface area contributed by atoms with Crippen LogP contribution in [-0.2, 0) is 17.8 Å². The van der Waals surface area contributed by atoms with Crippen LogP contribution < -0.4 is 16.0 Å². The normalized spacial score (nSPS) is 29.1. The fraction of sp³-hybridized carbons (Fsp3) is 0.714. The summed E-state index contributed by atoms with van der Waals surface area (Å²) in [5.74, 6) is 2.13. The minimum absolute atomic E-state index is 0.392. The van der Waals surface area contributed by atoms with Gasteiger partial charge in [0.05, 0.1) is 18.9 Å². The van der Waals surface area contributed by atoms with Gasteiger partial charge in [0.15, 0.2) is 0 Å². The van der Waals surface area contributed by atoms with Crippen molar-refractivity contribution in [2.75, 3.05) is 36.9 Å². The Morgan fingerprint density at radius 2 is 2.25 bits per heavy atom. The lowest BCUT2D eigenvalue weighted by atomic mass is 9.94. The second kappa shape index (κ2) is 4.86. The van der Waals surface area contributed by atoms with E-state index >= 15 is 0 Å². The summed E-state index contributed by atoms with van der Waals surface area (Å²) in [7, 11) is 0. The molecule has 0 saturated carbocycles. The van der Waals surface area contributed by atoms with Gasteiger partial charge < -0.3 is 20.7 Å². The summed E-state index contributed by atoms with van der Waals surface area (Å²) >= 11 is 0. The maximum Gasteiger partial charge on any atom is 0.222 e. The number of hydrogen-bond donors (Lipinski definition) is 2. The maximum absolute atomic E-state index is 5.89. The second-order valence-corrected chi connectivity index (χ2v) is 6.00. The van der Waals surface area contributed by atoms with Crippen LogP contribution in [0.5, 0.6) is 0 Å². The Kier molecular flexibility index (Phi) is 3.00. The molecule has 0 radical (unpaired) electrons. The molecule has 3 aliphatic rings. The number of aromatic nitrogens is 2. The topological polar surface area (TPSA) is 76.3 Å². The molecule has 0 bridgehead atoms. The number of nitrogen functional groups attached to an aromatic ring is 1. The Labute approximate surface area is 118 Å². The van der Waals surface area contributed by atoms with E-state index in [9.17, 15) is 0 Å².